The zero-order valence-corrected chi connectivity index (χ0v) is 10.8. The van der Waals surface area contributed by atoms with Gasteiger partial charge in [0.2, 0.25) is 5.95 Å². The van der Waals surface area contributed by atoms with Crippen molar-refractivity contribution < 1.29 is 4.39 Å². The Kier molecular flexibility index (Phi) is 3.20. The molecule has 100 valence electrons. The van der Waals surface area contributed by atoms with Crippen LogP contribution in [0.1, 0.15) is 0 Å². The molecule has 0 aliphatic heterocycles. The number of anilines is 1. The first kappa shape index (κ1) is 13.0. The molecule has 2 rings (SSSR count). The lowest BCUT2D eigenvalue weighted by atomic mass is 10.3. The predicted octanol–water partition coefficient (Wildman–Crippen LogP) is 0.136. The maximum absolute atomic E-state index is 13.7. The molecule has 1 aromatic carbocycles. The van der Waals surface area contributed by atoms with Crippen LogP contribution in [0.2, 0.25) is 0 Å². The van der Waals surface area contributed by atoms with Crippen LogP contribution in [0.15, 0.2) is 33.9 Å². The molecule has 0 fully saturated rings. The van der Waals surface area contributed by atoms with Gasteiger partial charge in [-0.1, -0.05) is 12.1 Å². The smallest absolute Gasteiger partial charge is 0.348 e. The van der Waals surface area contributed by atoms with E-state index in [0.717, 1.165) is 0 Å². The lowest BCUT2D eigenvalue weighted by Crippen LogP contribution is -2.42. The number of hydrogen-bond donors (Lipinski definition) is 0. The Morgan fingerprint density at radius 3 is 2.42 bits per heavy atom. The molecule has 7 heteroatoms. The monoisotopic (exact) mass is 264 g/mol. The molecular formula is C12H13FN4O2. The summed E-state index contributed by atoms with van der Waals surface area (Å²) in [6.45, 7) is 0. The third kappa shape index (κ3) is 2.14. The molecule has 0 saturated carbocycles. The summed E-state index contributed by atoms with van der Waals surface area (Å²) in [4.78, 5) is 29.4. The number of rotatable bonds is 2. The van der Waals surface area contributed by atoms with Gasteiger partial charge in [0.05, 0.1) is 5.69 Å². The predicted molar refractivity (Wildman–Crippen MR) is 69.4 cm³/mol. The summed E-state index contributed by atoms with van der Waals surface area (Å²) < 4.78 is 15.6. The van der Waals surface area contributed by atoms with E-state index in [4.69, 9.17) is 0 Å². The normalized spacial score (nSPS) is 10.5. The molecule has 19 heavy (non-hydrogen) atoms. The van der Waals surface area contributed by atoms with Crippen molar-refractivity contribution in [3.05, 3.63) is 51.1 Å². The van der Waals surface area contributed by atoms with Crippen LogP contribution in [-0.4, -0.2) is 28.2 Å². The van der Waals surface area contributed by atoms with E-state index in [-0.39, 0.29) is 11.6 Å². The number of nitrogens with zero attached hydrogens (tertiary/aromatic N) is 4. The maximum atomic E-state index is 13.7. The average Bonchev–Trinajstić information content (AvgIpc) is 2.36. The summed E-state index contributed by atoms with van der Waals surface area (Å²) in [7, 11) is 4.80. The Balaban J connectivity index is 2.82. The number of benzene rings is 1. The fourth-order valence-corrected chi connectivity index (χ4v) is 1.77. The summed E-state index contributed by atoms with van der Waals surface area (Å²) in [6.07, 6.45) is 0. The highest BCUT2D eigenvalue weighted by Crippen LogP contribution is 2.08. The minimum Gasteiger partial charge on any atom is -0.348 e. The third-order valence-electron chi connectivity index (χ3n) is 2.66. The van der Waals surface area contributed by atoms with Crippen molar-refractivity contribution in [2.24, 2.45) is 7.05 Å². The fourth-order valence-electron chi connectivity index (χ4n) is 1.77. The zero-order valence-electron chi connectivity index (χ0n) is 10.8. The zero-order chi connectivity index (χ0) is 14.2. The van der Waals surface area contributed by atoms with Gasteiger partial charge >= 0.3 is 11.4 Å². The van der Waals surface area contributed by atoms with Crippen LogP contribution in [0.25, 0.3) is 5.69 Å². The summed E-state index contributed by atoms with van der Waals surface area (Å²) in [5.74, 6) is -0.441. The summed E-state index contributed by atoms with van der Waals surface area (Å²) in [5, 5.41) is 0. The van der Waals surface area contributed by atoms with E-state index < -0.39 is 17.2 Å². The van der Waals surface area contributed by atoms with Crippen LogP contribution in [-0.2, 0) is 7.05 Å². The van der Waals surface area contributed by atoms with Gasteiger partial charge in [-0.2, -0.15) is 4.98 Å². The second-order valence-electron chi connectivity index (χ2n) is 4.22. The summed E-state index contributed by atoms with van der Waals surface area (Å²) in [5.41, 5.74) is -1.56. The van der Waals surface area contributed by atoms with Crippen LogP contribution in [0.4, 0.5) is 10.3 Å². The molecule has 0 atom stereocenters. The van der Waals surface area contributed by atoms with Crippen molar-refractivity contribution in [2.45, 2.75) is 0 Å². The quantitative estimate of drug-likeness (QED) is 0.774. The van der Waals surface area contributed by atoms with Gasteiger partial charge in [-0.3, -0.25) is 4.57 Å². The lowest BCUT2D eigenvalue weighted by Gasteiger charge is -2.16. The molecule has 0 saturated heterocycles. The standard InChI is InChI=1S/C12H13FN4O2/c1-15(2)10-14-11(18)17(12(19)16(10)3)9-7-5-4-6-8(9)13/h4-7H,1-3H3. The molecule has 0 aliphatic rings. The van der Waals surface area contributed by atoms with Crippen molar-refractivity contribution >= 4 is 5.95 Å². The molecule has 0 bridgehead atoms. The Morgan fingerprint density at radius 2 is 1.84 bits per heavy atom. The van der Waals surface area contributed by atoms with Gasteiger partial charge in [0.1, 0.15) is 5.82 Å². The topological polar surface area (TPSA) is 60.1 Å². The Labute approximate surface area is 108 Å². The molecule has 2 aromatic rings. The second kappa shape index (κ2) is 4.68. The third-order valence-corrected chi connectivity index (χ3v) is 2.66. The van der Waals surface area contributed by atoms with Gasteiger partial charge in [0, 0.05) is 21.1 Å². The van der Waals surface area contributed by atoms with Crippen molar-refractivity contribution in [2.75, 3.05) is 19.0 Å². The SMILES string of the molecule is CN(C)c1nc(=O)n(-c2ccccc2F)c(=O)n1C. The Bertz CT molecular complexity index is 733. The van der Waals surface area contributed by atoms with Crippen molar-refractivity contribution in [1.82, 2.24) is 14.1 Å². The van der Waals surface area contributed by atoms with Gasteiger partial charge in [-0.05, 0) is 12.1 Å². The highest BCUT2D eigenvalue weighted by Gasteiger charge is 2.15. The molecule has 0 unspecified atom stereocenters. The minimum absolute atomic E-state index is 0.106. The molecular weight excluding hydrogens is 251 g/mol. The second-order valence-corrected chi connectivity index (χ2v) is 4.22. The summed E-state index contributed by atoms with van der Waals surface area (Å²) >= 11 is 0. The largest absolute Gasteiger partial charge is 0.359 e. The van der Waals surface area contributed by atoms with E-state index in [1.54, 1.807) is 20.2 Å². The van der Waals surface area contributed by atoms with Gasteiger partial charge < -0.3 is 4.90 Å². The minimum atomic E-state index is -0.808. The Morgan fingerprint density at radius 1 is 1.21 bits per heavy atom. The van der Waals surface area contributed by atoms with Gasteiger partial charge in [-0.25, -0.2) is 18.5 Å². The van der Waals surface area contributed by atoms with Crippen LogP contribution >= 0.6 is 0 Å². The molecule has 0 radical (unpaired) electrons. The summed E-state index contributed by atoms with van der Waals surface area (Å²) in [6, 6.07) is 5.57. The molecule has 0 amide bonds. The molecule has 6 nitrogen and oxygen atoms in total. The van der Waals surface area contributed by atoms with Crippen molar-refractivity contribution in [3.63, 3.8) is 0 Å². The first-order chi connectivity index (χ1) is 8.93. The van der Waals surface area contributed by atoms with Crippen LogP contribution in [0.5, 0.6) is 0 Å². The van der Waals surface area contributed by atoms with Gasteiger partial charge in [-0.15, -0.1) is 0 Å². The molecule has 0 N–H and O–H groups in total. The highest BCUT2D eigenvalue weighted by atomic mass is 19.1. The molecule has 1 heterocycles. The van der Waals surface area contributed by atoms with Gasteiger partial charge in [0.25, 0.3) is 0 Å². The Hall–Kier alpha value is -2.44. The van der Waals surface area contributed by atoms with Crippen LogP contribution in [0, 0.1) is 5.82 Å². The first-order valence-electron chi connectivity index (χ1n) is 5.56. The van der Waals surface area contributed by atoms with E-state index in [2.05, 4.69) is 4.98 Å². The van der Waals surface area contributed by atoms with Crippen LogP contribution in [0.3, 0.4) is 0 Å². The number of hydrogen-bond acceptors (Lipinski definition) is 4. The molecule has 1 aromatic heterocycles. The van der Waals surface area contributed by atoms with Gasteiger partial charge in [0.15, 0.2) is 0 Å². The first-order valence-corrected chi connectivity index (χ1v) is 5.56. The fraction of sp³-hybridized carbons (Fsp3) is 0.250. The molecule has 0 spiro atoms. The number of para-hydroxylation sites is 1. The lowest BCUT2D eigenvalue weighted by molar-refractivity contribution is 0.599. The van der Waals surface area contributed by atoms with E-state index in [1.165, 1.54) is 34.7 Å². The van der Waals surface area contributed by atoms with Crippen molar-refractivity contribution in [3.8, 4) is 5.69 Å². The van der Waals surface area contributed by atoms with E-state index >= 15 is 0 Å². The van der Waals surface area contributed by atoms with E-state index in [9.17, 15) is 14.0 Å². The number of aromatic nitrogens is 3. The van der Waals surface area contributed by atoms with E-state index in [1.807, 2.05) is 0 Å². The maximum Gasteiger partial charge on any atom is 0.359 e. The molecule has 0 aliphatic carbocycles. The van der Waals surface area contributed by atoms with Crippen LogP contribution < -0.4 is 16.3 Å². The van der Waals surface area contributed by atoms with E-state index in [0.29, 0.717) is 4.57 Å². The highest BCUT2D eigenvalue weighted by molar-refractivity contribution is 5.34. The number of halogens is 1. The van der Waals surface area contributed by atoms with Crippen molar-refractivity contribution in [1.29, 1.82) is 0 Å². The average molecular weight is 264 g/mol.